The second kappa shape index (κ2) is 7.59. The number of aromatic nitrogens is 2. The molecule has 1 N–H and O–H groups in total. The molecule has 3 aromatic rings. The van der Waals surface area contributed by atoms with Gasteiger partial charge in [-0.25, -0.2) is 0 Å². The van der Waals surface area contributed by atoms with Crippen molar-refractivity contribution in [1.82, 2.24) is 15.1 Å². The molecule has 1 heterocycles. The van der Waals surface area contributed by atoms with Crippen LogP contribution >= 0.6 is 23.2 Å². The number of nitrogens with one attached hydrogen (secondary N) is 1. The molecule has 5 nitrogen and oxygen atoms in total. The number of nitrogens with zero attached hydrogens (tertiary/aromatic N) is 2. The summed E-state index contributed by atoms with van der Waals surface area (Å²) in [5.41, 5.74) is 1.28. The van der Waals surface area contributed by atoms with Gasteiger partial charge in [0.05, 0.1) is 11.2 Å². The zero-order chi connectivity index (χ0) is 17.8. The minimum atomic E-state index is -0.272. The minimum Gasteiger partial charge on any atom is -0.457 e. The molecular formula is C18H15Cl2N3O2. The average molecular weight is 376 g/mol. The second-order valence-corrected chi connectivity index (χ2v) is 6.19. The molecule has 0 saturated heterocycles. The first kappa shape index (κ1) is 17.3. The van der Waals surface area contributed by atoms with Crippen molar-refractivity contribution in [2.75, 3.05) is 0 Å². The quantitative estimate of drug-likeness (QED) is 0.716. The molecule has 2 aromatic carbocycles. The summed E-state index contributed by atoms with van der Waals surface area (Å²) < 4.78 is 7.17. The highest BCUT2D eigenvalue weighted by Crippen LogP contribution is 2.23. The number of amides is 1. The van der Waals surface area contributed by atoms with Gasteiger partial charge in [-0.1, -0.05) is 35.3 Å². The predicted octanol–water partition coefficient (Wildman–Crippen LogP) is 4.45. The number of carbonyl (C=O) groups excluding carboxylic acids is 1. The van der Waals surface area contributed by atoms with Gasteiger partial charge < -0.3 is 10.1 Å². The third-order valence-electron chi connectivity index (χ3n) is 3.53. The summed E-state index contributed by atoms with van der Waals surface area (Å²) in [7, 11) is 1.67. The van der Waals surface area contributed by atoms with E-state index in [9.17, 15) is 4.79 Å². The fourth-order valence-electron chi connectivity index (χ4n) is 2.25. The molecule has 0 aliphatic rings. The number of benzene rings is 2. The van der Waals surface area contributed by atoms with Crippen LogP contribution in [0.4, 0.5) is 0 Å². The van der Waals surface area contributed by atoms with Gasteiger partial charge >= 0.3 is 0 Å². The summed E-state index contributed by atoms with van der Waals surface area (Å²) in [5, 5.41) is 7.75. The fourth-order valence-corrected chi connectivity index (χ4v) is 2.62. The van der Waals surface area contributed by atoms with Gasteiger partial charge in [-0.3, -0.25) is 9.48 Å². The van der Waals surface area contributed by atoms with Crippen LogP contribution in [0.1, 0.15) is 16.1 Å². The van der Waals surface area contributed by atoms with Crippen LogP contribution in [0.25, 0.3) is 0 Å². The Morgan fingerprint density at radius 2 is 1.68 bits per heavy atom. The average Bonchev–Trinajstić information content (AvgIpc) is 2.95. The Bertz CT molecular complexity index is 855. The molecule has 1 aromatic heterocycles. The van der Waals surface area contributed by atoms with E-state index in [1.165, 1.54) is 10.9 Å². The minimum absolute atomic E-state index is 0.272. The first-order valence-electron chi connectivity index (χ1n) is 7.51. The third kappa shape index (κ3) is 4.32. The van der Waals surface area contributed by atoms with Gasteiger partial charge in [0.25, 0.3) is 5.91 Å². The molecule has 0 aliphatic heterocycles. The molecule has 25 heavy (non-hydrogen) atoms. The number of carbonyl (C=O) groups is 1. The van der Waals surface area contributed by atoms with E-state index in [-0.39, 0.29) is 5.91 Å². The topological polar surface area (TPSA) is 56.2 Å². The Labute approximate surface area is 155 Å². The van der Waals surface area contributed by atoms with E-state index in [1.807, 2.05) is 24.3 Å². The number of ether oxygens (including phenoxy) is 1. The molecule has 1 amide bonds. The third-order valence-corrected chi connectivity index (χ3v) is 4.06. The molecule has 128 valence electrons. The zero-order valence-corrected chi connectivity index (χ0v) is 14.9. The van der Waals surface area contributed by atoms with Crippen LogP contribution < -0.4 is 10.1 Å². The Hall–Kier alpha value is -2.50. The number of hydrogen-bond donors (Lipinski definition) is 1. The smallest absolute Gasteiger partial charge is 0.271 e. The van der Waals surface area contributed by atoms with Crippen LogP contribution in [0.3, 0.4) is 0 Å². The number of rotatable bonds is 5. The number of halogens is 2. The van der Waals surface area contributed by atoms with E-state index in [0.29, 0.717) is 33.8 Å². The molecule has 0 radical (unpaired) electrons. The van der Waals surface area contributed by atoms with Crippen molar-refractivity contribution >= 4 is 29.1 Å². The molecule has 0 spiro atoms. The maximum absolute atomic E-state index is 12.2. The Kier molecular flexibility index (Phi) is 5.26. The molecule has 3 rings (SSSR count). The largest absolute Gasteiger partial charge is 0.457 e. The lowest BCUT2D eigenvalue weighted by atomic mass is 10.2. The van der Waals surface area contributed by atoms with E-state index >= 15 is 0 Å². The van der Waals surface area contributed by atoms with Crippen molar-refractivity contribution < 1.29 is 9.53 Å². The lowest BCUT2D eigenvalue weighted by Crippen LogP contribution is -2.25. The van der Waals surface area contributed by atoms with Crippen molar-refractivity contribution in [3.05, 3.63) is 76.0 Å². The number of hydrogen-bond acceptors (Lipinski definition) is 3. The highest BCUT2D eigenvalue weighted by Gasteiger charge is 2.15. The van der Waals surface area contributed by atoms with Gasteiger partial charge in [0.2, 0.25) is 0 Å². The first-order chi connectivity index (χ1) is 12.0. The van der Waals surface area contributed by atoms with Crippen LogP contribution in [-0.4, -0.2) is 15.7 Å². The van der Waals surface area contributed by atoms with Crippen molar-refractivity contribution in [2.45, 2.75) is 6.54 Å². The standard InChI is InChI=1S/C18H15Cl2N3O2/c1-23-17(16(20)11-22-23)18(24)21-10-12-2-6-14(7-3-12)25-15-8-4-13(19)5-9-15/h2-9,11H,10H2,1H3,(H,21,24). The van der Waals surface area contributed by atoms with E-state index in [4.69, 9.17) is 27.9 Å². The van der Waals surface area contributed by atoms with Crippen molar-refractivity contribution in [2.24, 2.45) is 7.05 Å². The van der Waals surface area contributed by atoms with Gasteiger partial charge in [-0.2, -0.15) is 5.10 Å². The first-order valence-corrected chi connectivity index (χ1v) is 8.26. The highest BCUT2D eigenvalue weighted by molar-refractivity contribution is 6.33. The summed E-state index contributed by atoms with van der Waals surface area (Å²) in [6, 6.07) is 14.6. The van der Waals surface area contributed by atoms with Crippen molar-refractivity contribution in [3.8, 4) is 11.5 Å². The Morgan fingerprint density at radius 3 is 2.24 bits per heavy atom. The molecule has 0 saturated carbocycles. The highest BCUT2D eigenvalue weighted by atomic mass is 35.5. The van der Waals surface area contributed by atoms with Crippen LogP contribution in [0.2, 0.25) is 10.0 Å². The van der Waals surface area contributed by atoms with Gasteiger partial charge in [0, 0.05) is 18.6 Å². The van der Waals surface area contributed by atoms with Gasteiger partial charge in [-0.15, -0.1) is 0 Å². The predicted molar refractivity (Wildman–Crippen MR) is 97.4 cm³/mol. The zero-order valence-electron chi connectivity index (χ0n) is 13.4. The van der Waals surface area contributed by atoms with Crippen LogP contribution in [0, 0.1) is 0 Å². The van der Waals surface area contributed by atoms with Crippen LogP contribution in [0.5, 0.6) is 11.5 Å². The van der Waals surface area contributed by atoms with E-state index in [1.54, 1.807) is 31.3 Å². The fraction of sp³-hybridized carbons (Fsp3) is 0.111. The van der Waals surface area contributed by atoms with E-state index < -0.39 is 0 Å². The normalized spacial score (nSPS) is 10.5. The molecule has 0 fully saturated rings. The molecule has 0 aliphatic carbocycles. The lowest BCUT2D eigenvalue weighted by molar-refractivity contribution is 0.0941. The maximum atomic E-state index is 12.2. The summed E-state index contributed by atoms with van der Waals surface area (Å²) in [4.78, 5) is 12.2. The summed E-state index contributed by atoms with van der Waals surface area (Å²) in [5.74, 6) is 1.13. The molecule has 0 atom stereocenters. The maximum Gasteiger partial charge on any atom is 0.271 e. The van der Waals surface area contributed by atoms with E-state index in [2.05, 4.69) is 10.4 Å². The van der Waals surface area contributed by atoms with E-state index in [0.717, 1.165) is 5.56 Å². The molecule has 7 heteroatoms. The van der Waals surface area contributed by atoms with Crippen molar-refractivity contribution in [3.63, 3.8) is 0 Å². The second-order valence-electron chi connectivity index (χ2n) is 5.35. The molecular weight excluding hydrogens is 361 g/mol. The van der Waals surface area contributed by atoms with Crippen molar-refractivity contribution in [1.29, 1.82) is 0 Å². The monoisotopic (exact) mass is 375 g/mol. The Balaban J connectivity index is 1.59. The summed E-state index contributed by atoms with van der Waals surface area (Å²) in [6.45, 7) is 0.377. The van der Waals surface area contributed by atoms with Gasteiger partial charge in [-0.05, 0) is 42.0 Å². The SMILES string of the molecule is Cn1ncc(Cl)c1C(=O)NCc1ccc(Oc2ccc(Cl)cc2)cc1. The molecule has 0 unspecified atom stereocenters. The van der Waals surface area contributed by atoms with Gasteiger partial charge in [0.15, 0.2) is 0 Å². The Morgan fingerprint density at radius 1 is 1.08 bits per heavy atom. The molecule has 0 bridgehead atoms. The lowest BCUT2D eigenvalue weighted by Gasteiger charge is -2.08. The summed E-state index contributed by atoms with van der Waals surface area (Å²) in [6.07, 6.45) is 1.44. The number of aryl methyl sites for hydroxylation is 1. The van der Waals surface area contributed by atoms with Gasteiger partial charge in [0.1, 0.15) is 17.2 Å². The van der Waals surface area contributed by atoms with Crippen LogP contribution in [-0.2, 0) is 13.6 Å². The summed E-state index contributed by atoms with van der Waals surface area (Å²) >= 11 is 11.8. The van der Waals surface area contributed by atoms with Crippen LogP contribution in [0.15, 0.2) is 54.7 Å².